The molecule has 0 saturated carbocycles. The van der Waals surface area contributed by atoms with Crippen LogP contribution in [0.5, 0.6) is 0 Å². The predicted octanol–water partition coefficient (Wildman–Crippen LogP) is 4.63. The zero-order valence-corrected chi connectivity index (χ0v) is 15.9. The summed E-state index contributed by atoms with van der Waals surface area (Å²) in [7, 11) is 1.51. The van der Waals surface area contributed by atoms with Crippen LogP contribution in [0.25, 0.3) is 22.3 Å². The molecule has 0 radical (unpaired) electrons. The molecule has 0 saturated heterocycles. The van der Waals surface area contributed by atoms with Gasteiger partial charge in [0.25, 0.3) is 5.56 Å². The number of hydrogen-bond donors (Lipinski definition) is 1. The fraction of sp³-hybridized carbons (Fsp3) is 0.136. The first-order valence-electron chi connectivity index (χ1n) is 9.15. The molecule has 152 valence electrons. The normalized spacial score (nSPS) is 11.6. The van der Waals surface area contributed by atoms with Crippen molar-refractivity contribution in [3.63, 3.8) is 0 Å². The molecular weight excluding hydrogens is 393 g/mol. The molecule has 0 bridgehead atoms. The van der Waals surface area contributed by atoms with Crippen molar-refractivity contribution in [2.75, 3.05) is 5.32 Å². The third-order valence-electron chi connectivity index (χ3n) is 4.80. The van der Waals surface area contributed by atoms with Gasteiger partial charge in [0, 0.05) is 37.2 Å². The molecule has 30 heavy (non-hydrogen) atoms. The predicted molar refractivity (Wildman–Crippen MR) is 109 cm³/mol. The van der Waals surface area contributed by atoms with Gasteiger partial charge in [0.1, 0.15) is 5.82 Å². The highest BCUT2D eigenvalue weighted by Gasteiger charge is 2.30. The molecule has 0 fully saturated rings. The number of rotatable bonds is 4. The van der Waals surface area contributed by atoms with Crippen molar-refractivity contribution in [1.82, 2.24) is 14.5 Å². The summed E-state index contributed by atoms with van der Waals surface area (Å²) in [5.74, 6) is 0.176. The van der Waals surface area contributed by atoms with Gasteiger partial charge in [0.2, 0.25) is 0 Å². The van der Waals surface area contributed by atoms with Crippen molar-refractivity contribution in [1.29, 1.82) is 0 Å². The van der Waals surface area contributed by atoms with Crippen LogP contribution in [0, 0.1) is 0 Å². The third kappa shape index (κ3) is 3.76. The fourth-order valence-electron chi connectivity index (χ4n) is 3.26. The van der Waals surface area contributed by atoms with Crippen molar-refractivity contribution in [3.8, 4) is 11.4 Å². The minimum Gasteiger partial charge on any atom is -0.381 e. The minimum atomic E-state index is -4.48. The summed E-state index contributed by atoms with van der Waals surface area (Å²) in [6.45, 7) is 0.392. The molecule has 4 rings (SSSR count). The molecule has 0 atom stereocenters. The van der Waals surface area contributed by atoms with Crippen molar-refractivity contribution < 1.29 is 13.2 Å². The molecule has 0 spiro atoms. The van der Waals surface area contributed by atoms with Crippen LogP contribution in [-0.2, 0) is 19.8 Å². The Kier molecular flexibility index (Phi) is 4.99. The van der Waals surface area contributed by atoms with Gasteiger partial charge in [-0.25, -0.2) is 4.98 Å². The molecule has 4 aromatic rings. The Hall–Kier alpha value is -3.68. The van der Waals surface area contributed by atoms with Gasteiger partial charge in [-0.3, -0.25) is 14.3 Å². The molecular formula is C22H17F3N4O. The third-order valence-corrected chi connectivity index (χ3v) is 4.80. The summed E-state index contributed by atoms with van der Waals surface area (Å²) in [6, 6.07) is 13.7. The Morgan fingerprint density at radius 2 is 1.77 bits per heavy atom. The lowest BCUT2D eigenvalue weighted by molar-refractivity contribution is -0.137. The number of para-hydroxylation sites is 1. The zero-order chi connectivity index (χ0) is 21.3. The number of pyridine rings is 1. The standard InChI is InChI=1S/C22H17F3N4O/c1-29-20(14-4-2-6-16(12-14)22(23,24)25)28-19-15(5-3-7-18(19)21(29)30)13-27-17-8-10-26-11-9-17/h2-12H,13H2,1H3,(H,26,27). The largest absolute Gasteiger partial charge is 0.416 e. The lowest BCUT2D eigenvalue weighted by atomic mass is 10.1. The van der Waals surface area contributed by atoms with Gasteiger partial charge in [-0.15, -0.1) is 0 Å². The molecule has 2 aromatic carbocycles. The van der Waals surface area contributed by atoms with Crippen LogP contribution in [-0.4, -0.2) is 14.5 Å². The van der Waals surface area contributed by atoms with E-state index in [4.69, 9.17) is 0 Å². The Balaban J connectivity index is 1.82. The molecule has 0 aliphatic rings. The first-order valence-corrected chi connectivity index (χ1v) is 9.15. The highest BCUT2D eigenvalue weighted by atomic mass is 19.4. The van der Waals surface area contributed by atoms with Crippen molar-refractivity contribution >= 4 is 16.6 Å². The maximum Gasteiger partial charge on any atom is 0.416 e. The van der Waals surface area contributed by atoms with E-state index in [0.717, 1.165) is 23.4 Å². The number of alkyl halides is 3. The molecule has 1 N–H and O–H groups in total. The van der Waals surface area contributed by atoms with Crippen LogP contribution < -0.4 is 10.9 Å². The smallest absolute Gasteiger partial charge is 0.381 e. The van der Waals surface area contributed by atoms with Crippen molar-refractivity contribution in [2.24, 2.45) is 7.05 Å². The highest BCUT2D eigenvalue weighted by Crippen LogP contribution is 2.32. The van der Waals surface area contributed by atoms with Crippen LogP contribution in [0.4, 0.5) is 18.9 Å². The van der Waals surface area contributed by atoms with Gasteiger partial charge in [-0.2, -0.15) is 13.2 Å². The average Bonchev–Trinajstić information content (AvgIpc) is 2.75. The summed E-state index contributed by atoms with van der Waals surface area (Å²) < 4.78 is 40.7. The van der Waals surface area contributed by atoms with Gasteiger partial charge in [0.15, 0.2) is 0 Å². The van der Waals surface area contributed by atoms with Gasteiger partial charge in [-0.05, 0) is 35.9 Å². The van der Waals surface area contributed by atoms with Gasteiger partial charge in [0.05, 0.1) is 16.5 Å². The second-order valence-electron chi connectivity index (χ2n) is 6.78. The monoisotopic (exact) mass is 410 g/mol. The number of fused-ring (bicyclic) bond motifs is 1. The Bertz CT molecular complexity index is 1270. The minimum absolute atomic E-state index is 0.176. The molecule has 0 unspecified atom stereocenters. The first kappa shape index (κ1) is 19.6. The summed E-state index contributed by atoms with van der Waals surface area (Å²) in [5, 5.41) is 3.64. The van der Waals surface area contributed by atoms with E-state index in [1.54, 1.807) is 24.5 Å². The van der Waals surface area contributed by atoms with Gasteiger partial charge >= 0.3 is 6.18 Å². The number of nitrogens with one attached hydrogen (secondary N) is 1. The molecule has 2 heterocycles. The zero-order valence-electron chi connectivity index (χ0n) is 15.9. The van der Waals surface area contributed by atoms with E-state index in [2.05, 4.69) is 15.3 Å². The Morgan fingerprint density at radius 3 is 2.50 bits per heavy atom. The van der Waals surface area contributed by atoms with Gasteiger partial charge < -0.3 is 5.32 Å². The number of anilines is 1. The maximum atomic E-state index is 13.1. The number of aromatic nitrogens is 3. The summed E-state index contributed by atoms with van der Waals surface area (Å²) in [4.78, 5) is 21.5. The molecule has 5 nitrogen and oxygen atoms in total. The van der Waals surface area contributed by atoms with Crippen LogP contribution in [0.3, 0.4) is 0 Å². The molecule has 0 aliphatic carbocycles. The molecule has 2 aromatic heterocycles. The molecule has 0 aliphatic heterocycles. The maximum absolute atomic E-state index is 13.1. The second kappa shape index (κ2) is 7.62. The Morgan fingerprint density at radius 1 is 1.03 bits per heavy atom. The van der Waals surface area contributed by atoms with Gasteiger partial charge in [-0.1, -0.05) is 24.3 Å². The number of hydrogen-bond acceptors (Lipinski definition) is 4. The highest BCUT2D eigenvalue weighted by molar-refractivity contribution is 5.83. The number of nitrogens with zero attached hydrogens (tertiary/aromatic N) is 3. The lowest BCUT2D eigenvalue weighted by Crippen LogP contribution is -2.21. The van der Waals surface area contributed by atoms with Crippen LogP contribution in [0.15, 0.2) is 71.8 Å². The summed E-state index contributed by atoms with van der Waals surface area (Å²) >= 11 is 0. The lowest BCUT2D eigenvalue weighted by Gasteiger charge is -2.14. The molecule has 8 heteroatoms. The van der Waals surface area contributed by atoms with E-state index in [9.17, 15) is 18.0 Å². The van der Waals surface area contributed by atoms with Crippen molar-refractivity contribution in [2.45, 2.75) is 12.7 Å². The van der Waals surface area contributed by atoms with E-state index in [-0.39, 0.29) is 16.9 Å². The van der Waals surface area contributed by atoms with Crippen molar-refractivity contribution in [3.05, 3.63) is 88.5 Å². The Labute approximate surface area is 169 Å². The summed E-state index contributed by atoms with van der Waals surface area (Å²) in [5.41, 5.74) is 1.18. The number of benzene rings is 2. The van der Waals surface area contributed by atoms with E-state index >= 15 is 0 Å². The number of halogens is 3. The quantitative estimate of drug-likeness (QED) is 0.533. The summed E-state index contributed by atoms with van der Waals surface area (Å²) in [6.07, 6.45) is -1.16. The molecule has 0 amide bonds. The topological polar surface area (TPSA) is 59.8 Å². The van der Waals surface area contributed by atoms with Crippen LogP contribution in [0.2, 0.25) is 0 Å². The van der Waals surface area contributed by atoms with E-state index < -0.39 is 11.7 Å². The second-order valence-corrected chi connectivity index (χ2v) is 6.78. The van der Waals surface area contributed by atoms with E-state index in [0.29, 0.717) is 17.4 Å². The first-order chi connectivity index (χ1) is 14.3. The van der Waals surface area contributed by atoms with E-state index in [1.807, 2.05) is 18.2 Å². The SMILES string of the molecule is Cn1c(-c2cccc(C(F)(F)F)c2)nc2c(CNc3ccncc3)cccc2c1=O. The van der Waals surface area contributed by atoms with Crippen LogP contribution >= 0.6 is 0 Å². The van der Waals surface area contributed by atoms with E-state index in [1.165, 1.54) is 23.7 Å². The van der Waals surface area contributed by atoms with Crippen LogP contribution in [0.1, 0.15) is 11.1 Å². The average molecular weight is 410 g/mol. The fourth-order valence-corrected chi connectivity index (χ4v) is 3.26.